The van der Waals surface area contributed by atoms with Crippen LogP contribution in [0, 0.1) is 11.3 Å². The molecule has 0 fully saturated rings. The summed E-state index contributed by atoms with van der Waals surface area (Å²) in [4.78, 5) is 0. The summed E-state index contributed by atoms with van der Waals surface area (Å²) in [6.07, 6.45) is 7.00. The Morgan fingerprint density at radius 1 is 1.33 bits per heavy atom. The van der Waals surface area contributed by atoms with E-state index in [0.29, 0.717) is 5.92 Å². The summed E-state index contributed by atoms with van der Waals surface area (Å²) in [5.41, 5.74) is 4.80. The van der Waals surface area contributed by atoms with Crippen LogP contribution in [0.2, 0.25) is 0 Å². The molecule has 0 aliphatic heterocycles. The molecule has 1 nitrogen and oxygen atoms in total. The van der Waals surface area contributed by atoms with Crippen LogP contribution in [0.25, 0.3) is 6.08 Å². The third-order valence-electron chi connectivity index (χ3n) is 3.03. The fourth-order valence-electron chi connectivity index (χ4n) is 2.10. The van der Waals surface area contributed by atoms with Crippen molar-refractivity contribution in [1.82, 2.24) is 0 Å². The fourth-order valence-corrected chi connectivity index (χ4v) is 2.10. The maximum absolute atomic E-state index is 7.81. The van der Waals surface area contributed by atoms with E-state index in [1.165, 1.54) is 16.7 Å². The molecule has 1 aromatic carbocycles. The number of allylic oxidation sites excluding steroid dienone is 1. The lowest BCUT2D eigenvalue weighted by molar-refractivity contribution is 0.646. The van der Waals surface area contributed by atoms with Gasteiger partial charge in [0.2, 0.25) is 0 Å². The van der Waals surface area contributed by atoms with Gasteiger partial charge in [-0.3, -0.25) is 0 Å². The molecule has 1 aromatic rings. The first kappa shape index (κ1) is 14.7. The van der Waals surface area contributed by atoms with E-state index >= 15 is 0 Å². The topological polar surface area (TPSA) is 23.9 Å². The summed E-state index contributed by atoms with van der Waals surface area (Å²) >= 11 is 0. The molecule has 0 aromatic heterocycles. The van der Waals surface area contributed by atoms with E-state index in [2.05, 4.69) is 51.1 Å². The summed E-state index contributed by atoms with van der Waals surface area (Å²) in [5, 5.41) is 7.81. The molecule has 0 atom stereocenters. The molecular formula is C17H25N. The van der Waals surface area contributed by atoms with Crippen LogP contribution in [0.5, 0.6) is 0 Å². The minimum atomic E-state index is 0.662. The Labute approximate surface area is 111 Å². The largest absolute Gasteiger partial charge is 0.309 e. The van der Waals surface area contributed by atoms with E-state index in [4.69, 9.17) is 5.41 Å². The van der Waals surface area contributed by atoms with Gasteiger partial charge in [0.15, 0.2) is 0 Å². The van der Waals surface area contributed by atoms with Crippen molar-refractivity contribution in [3.8, 4) is 0 Å². The molecule has 0 aliphatic rings. The summed E-state index contributed by atoms with van der Waals surface area (Å²) in [6, 6.07) is 6.62. The van der Waals surface area contributed by atoms with Crippen LogP contribution >= 0.6 is 0 Å². The van der Waals surface area contributed by atoms with Gasteiger partial charge in [-0.1, -0.05) is 51.1 Å². The van der Waals surface area contributed by atoms with Crippen LogP contribution in [0.4, 0.5) is 0 Å². The second-order valence-corrected chi connectivity index (χ2v) is 5.27. The van der Waals surface area contributed by atoms with Gasteiger partial charge in [-0.2, -0.15) is 0 Å². The van der Waals surface area contributed by atoms with Crippen molar-refractivity contribution in [2.24, 2.45) is 5.92 Å². The molecule has 1 N–H and O–H groups in total. The van der Waals surface area contributed by atoms with Gasteiger partial charge in [-0.05, 0) is 42.4 Å². The first-order valence-corrected chi connectivity index (χ1v) is 6.87. The lowest BCUT2D eigenvalue weighted by Crippen LogP contribution is -2.02. The Hall–Kier alpha value is -1.37. The average molecular weight is 243 g/mol. The van der Waals surface area contributed by atoms with E-state index in [-0.39, 0.29) is 0 Å². The molecule has 1 rings (SSSR count). The molecule has 0 saturated carbocycles. The van der Waals surface area contributed by atoms with Crippen LogP contribution in [-0.4, -0.2) is 5.71 Å². The zero-order chi connectivity index (χ0) is 13.5. The monoisotopic (exact) mass is 243 g/mol. The van der Waals surface area contributed by atoms with Crippen LogP contribution in [0.15, 0.2) is 24.3 Å². The molecule has 18 heavy (non-hydrogen) atoms. The lowest BCUT2D eigenvalue weighted by Gasteiger charge is -2.12. The molecule has 0 aliphatic carbocycles. The SMILES string of the molecule is C/C=C\c1ccc(CC(=N)CC)cc1CC(C)C. The molecule has 1 heteroatoms. The zero-order valence-corrected chi connectivity index (χ0v) is 12.1. The molecule has 0 bridgehead atoms. The van der Waals surface area contributed by atoms with Crippen molar-refractivity contribution >= 4 is 11.8 Å². The number of hydrogen-bond donors (Lipinski definition) is 1. The van der Waals surface area contributed by atoms with Crippen LogP contribution in [0.3, 0.4) is 0 Å². The van der Waals surface area contributed by atoms with E-state index in [9.17, 15) is 0 Å². The van der Waals surface area contributed by atoms with Crippen LogP contribution in [-0.2, 0) is 12.8 Å². The van der Waals surface area contributed by atoms with E-state index in [1.54, 1.807) is 0 Å². The van der Waals surface area contributed by atoms with Crippen molar-refractivity contribution in [2.75, 3.05) is 0 Å². The molecule has 0 unspecified atom stereocenters. The quantitative estimate of drug-likeness (QED) is 0.688. The highest BCUT2D eigenvalue weighted by molar-refractivity contribution is 5.83. The molecule has 0 spiro atoms. The highest BCUT2D eigenvalue weighted by Crippen LogP contribution is 2.18. The van der Waals surface area contributed by atoms with Gasteiger partial charge in [0.25, 0.3) is 0 Å². The number of benzene rings is 1. The first-order chi connectivity index (χ1) is 8.56. The van der Waals surface area contributed by atoms with Gasteiger partial charge in [0, 0.05) is 12.1 Å². The van der Waals surface area contributed by atoms with Crippen molar-refractivity contribution < 1.29 is 0 Å². The minimum Gasteiger partial charge on any atom is -0.309 e. The summed E-state index contributed by atoms with van der Waals surface area (Å²) in [5.74, 6) is 0.662. The predicted molar refractivity (Wildman–Crippen MR) is 81.4 cm³/mol. The Morgan fingerprint density at radius 2 is 2.06 bits per heavy atom. The Balaban J connectivity index is 3.00. The smallest absolute Gasteiger partial charge is 0.0130 e. The maximum atomic E-state index is 7.81. The van der Waals surface area contributed by atoms with Crippen LogP contribution < -0.4 is 0 Å². The molecule has 0 saturated heterocycles. The van der Waals surface area contributed by atoms with Crippen molar-refractivity contribution in [3.63, 3.8) is 0 Å². The van der Waals surface area contributed by atoms with Gasteiger partial charge in [0.05, 0.1) is 0 Å². The Bertz CT molecular complexity index is 427. The van der Waals surface area contributed by atoms with Gasteiger partial charge < -0.3 is 5.41 Å². The second kappa shape index (κ2) is 7.15. The number of nitrogens with one attached hydrogen (secondary N) is 1. The van der Waals surface area contributed by atoms with Gasteiger partial charge >= 0.3 is 0 Å². The summed E-state index contributed by atoms with van der Waals surface area (Å²) in [6.45, 7) is 8.60. The van der Waals surface area contributed by atoms with Gasteiger partial charge in [-0.25, -0.2) is 0 Å². The highest BCUT2D eigenvalue weighted by atomic mass is 14.4. The third-order valence-corrected chi connectivity index (χ3v) is 3.03. The number of hydrogen-bond acceptors (Lipinski definition) is 1. The molecule has 0 amide bonds. The van der Waals surface area contributed by atoms with Gasteiger partial charge in [0.1, 0.15) is 0 Å². The molecule has 0 radical (unpaired) electrons. The summed E-state index contributed by atoms with van der Waals surface area (Å²) in [7, 11) is 0. The first-order valence-electron chi connectivity index (χ1n) is 6.87. The van der Waals surface area contributed by atoms with E-state index < -0.39 is 0 Å². The van der Waals surface area contributed by atoms with Crippen molar-refractivity contribution in [2.45, 2.75) is 47.0 Å². The normalized spacial score (nSPS) is 11.4. The predicted octanol–water partition coefficient (Wildman–Crippen LogP) is 4.89. The van der Waals surface area contributed by atoms with Crippen molar-refractivity contribution in [1.29, 1.82) is 5.41 Å². The zero-order valence-electron chi connectivity index (χ0n) is 12.1. The third kappa shape index (κ3) is 4.48. The molecule has 0 heterocycles. The van der Waals surface area contributed by atoms with Crippen LogP contribution in [0.1, 0.15) is 50.8 Å². The van der Waals surface area contributed by atoms with E-state index in [1.807, 2.05) is 6.92 Å². The maximum Gasteiger partial charge on any atom is 0.0130 e. The molecule has 98 valence electrons. The second-order valence-electron chi connectivity index (χ2n) is 5.27. The Kier molecular flexibility index (Phi) is 5.84. The highest BCUT2D eigenvalue weighted by Gasteiger charge is 2.05. The standard InChI is InChI=1S/C17H25N/c1-5-7-15-9-8-14(12-17(18)6-2)11-16(15)10-13(3)4/h5,7-9,11,13,18H,6,10,12H2,1-4H3/b7-5-,18-17?. The van der Waals surface area contributed by atoms with Gasteiger partial charge in [-0.15, -0.1) is 0 Å². The minimum absolute atomic E-state index is 0.662. The lowest BCUT2D eigenvalue weighted by atomic mass is 9.94. The Morgan fingerprint density at radius 3 is 2.61 bits per heavy atom. The average Bonchev–Trinajstić information content (AvgIpc) is 2.31. The fraction of sp³-hybridized carbons (Fsp3) is 0.471. The molecular weight excluding hydrogens is 218 g/mol. The van der Waals surface area contributed by atoms with Crippen molar-refractivity contribution in [3.05, 3.63) is 41.0 Å². The van der Waals surface area contributed by atoms with E-state index in [0.717, 1.165) is 25.0 Å². The summed E-state index contributed by atoms with van der Waals surface area (Å²) < 4.78 is 0. The number of rotatable bonds is 6.